The number of oxime groups is 1. The van der Waals surface area contributed by atoms with Gasteiger partial charge in [0.1, 0.15) is 0 Å². The molecule has 4 nitrogen and oxygen atoms in total. The Labute approximate surface area is 96.2 Å². The van der Waals surface area contributed by atoms with Gasteiger partial charge in [-0.3, -0.25) is 0 Å². The minimum Gasteiger partial charge on any atom is -0.409 e. The van der Waals surface area contributed by atoms with Crippen LogP contribution in [0.4, 0.5) is 5.69 Å². The molecule has 0 heterocycles. The number of para-hydroxylation sites is 1. The van der Waals surface area contributed by atoms with Gasteiger partial charge in [-0.25, -0.2) is 0 Å². The lowest BCUT2D eigenvalue weighted by Crippen LogP contribution is -2.24. The van der Waals surface area contributed by atoms with Crippen LogP contribution in [0.5, 0.6) is 0 Å². The Kier molecular flexibility index (Phi) is 3.77. The largest absolute Gasteiger partial charge is 0.409 e. The molecule has 0 aliphatic carbocycles. The summed E-state index contributed by atoms with van der Waals surface area (Å²) in [5.41, 5.74) is 7.71. The maximum atomic E-state index is 8.46. The van der Waals surface area contributed by atoms with Crippen molar-refractivity contribution in [1.29, 1.82) is 0 Å². The first-order chi connectivity index (χ1) is 7.45. The number of amidine groups is 1. The quantitative estimate of drug-likeness (QED) is 0.317. The number of anilines is 1. The van der Waals surface area contributed by atoms with Crippen molar-refractivity contribution < 1.29 is 5.21 Å². The van der Waals surface area contributed by atoms with Gasteiger partial charge in [0.15, 0.2) is 5.84 Å². The molecule has 0 bridgehead atoms. The topological polar surface area (TPSA) is 70.6 Å². The number of rotatable bonds is 3. The van der Waals surface area contributed by atoms with Gasteiger partial charge in [0.25, 0.3) is 0 Å². The highest BCUT2D eigenvalue weighted by Crippen LogP contribution is 2.28. The summed E-state index contributed by atoms with van der Waals surface area (Å²) in [6.07, 6.45) is 0. The van der Waals surface area contributed by atoms with Gasteiger partial charge in [0, 0.05) is 5.69 Å². The molecule has 1 aromatic carbocycles. The van der Waals surface area contributed by atoms with Gasteiger partial charge in [-0.15, -0.1) is 0 Å². The van der Waals surface area contributed by atoms with E-state index in [1.165, 1.54) is 5.56 Å². The van der Waals surface area contributed by atoms with Crippen molar-refractivity contribution in [3.8, 4) is 0 Å². The highest BCUT2D eigenvalue weighted by Gasteiger charge is 2.17. The Bertz CT molecular complexity index is 380. The zero-order chi connectivity index (χ0) is 12.2. The van der Waals surface area contributed by atoms with Crippen LogP contribution >= 0.6 is 0 Å². The van der Waals surface area contributed by atoms with Crippen molar-refractivity contribution in [2.75, 3.05) is 11.9 Å². The van der Waals surface area contributed by atoms with Crippen LogP contribution in [0.15, 0.2) is 29.4 Å². The summed E-state index contributed by atoms with van der Waals surface area (Å²) in [6, 6.07) is 8.04. The van der Waals surface area contributed by atoms with Crippen molar-refractivity contribution in [3.05, 3.63) is 29.8 Å². The Morgan fingerprint density at radius 2 is 2.00 bits per heavy atom. The van der Waals surface area contributed by atoms with E-state index in [0.717, 1.165) is 5.69 Å². The standard InChI is InChI=1S/C12H19N3O/c1-12(2,3)9-6-4-5-7-10(9)14-8-11(13)15-16/h4-7,14,16H,8H2,1-3H3,(H2,13,15). The molecule has 4 heteroatoms. The Morgan fingerprint density at radius 1 is 1.38 bits per heavy atom. The van der Waals surface area contributed by atoms with Crippen LogP contribution in [0.25, 0.3) is 0 Å². The van der Waals surface area contributed by atoms with Crippen LogP contribution in [0.2, 0.25) is 0 Å². The molecule has 16 heavy (non-hydrogen) atoms. The summed E-state index contributed by atoms with van der Waals surface area (Å²) < 4.78 is 0. The zero-order valence-corrected chi connectivity index (χ0v) is 9.99. The fraction of sp³-hybridized carbons (Fsp3) is 0.417. The van der Waals surface area contributed by atoms with Crippen LogP contribution in [-0.4, -0.2) is 17.6 Å². The first-order valence-corrected chi connectivity index (χ1v) is 5.25. The second-order valence-corrected chi connectivity index (χ2v) is 4.74. The van der Waals surface area contributed by atoms with Gasteiger partial charge < -0.3 is 16.3 Å². The predicted molar refractivity (Wildman–Crippen MR) is 67.0 cm³/mol. The average Bonchev–Trinajstić information content (AvgIpc) is 2.25. The molecule has 1 rings (SSSR count). The van der Waals surface area contributed by atoms with E-state index in [9.17, 15) is 0 Å². The third-order valence-corrected chi connectivity index (χ3v) is 2.32. The number of hydrogen-bond donors (Lipinski definition) is 3. The van der Waals surface area contributed by atoms with Gasteiger partial charge in [-0.05, 0) is 17.0 Å². The van der Waals surface area contributed by atoms with Crippen molar-refractivity contribution in [2.45, 2.75) is 26.2 Å². The first kappa shape index (κ1) is 12.4. The molecule has 0 saturated carbocycles. The molecule has 0 spiro atoms. The third kappa shape index (κ3) is 3.15. The number of hydrogen-bond acceptors (Lipinski definition) is 3. The normalized spacial score (nSPS) is 12.6. The van der Waals surface area contributed by atoms with Crippen LogP contribution < -0.4 is 11.1 Å². The maximum absolute atomic E-state index is 8.46. The summed E-state index contributed by atoms with van der Waals surface area (Å²) >= 11 is 0. The molecular weight excluding hydrogens is 202 g/mol. The first-order valence-electron chi connectivity index (χ1n) is 5.25. The highest BCUT2D eigenvalue weighted by atomic mass is 16.4. The summed E-state index contributed by atoms with van der Waals surface area (Å²) in [4.78, 5) is 0. The van der Waals surface area contributed by atoms with E-state index in [-0.39, 0.29) is 11.3 Å². The second-order valence-electron chi connectivity index (χ2n) is 4.74. The molecule has 0 atom stereocenters. The molecule has 0 aromatic heterocycles. The maximum Gasteiger partial charge on any atom is 0.158 e. The van der Waals surface area contributed by atoms with Crippen molar-refractivity contribution >= 4 is 11.5 Å². The van der Waals surface area contributed by atoms with E-state index in [4.69, 9.17) is 10.9 Å². The van der Waals surface area contributed by atoms with Crippen molar-refractivity contribution in [2.24, 2.45) is 10.9 Å². The lowest BCUT2D eigenvalue weighted by molar-refractivity contribution is 0.317. The molecule has 0 amide bonds. The van der Waals surface area contributed by atoms with Crippen LogP contribution in [0.3, 0.4) is 0 Å². The van der Waals surface area contributed by atoms with E-state index in [2.05, 4.69) is 37.3 Å². The minimum atomic E-state index is 0.0642. The third-order valence-electron chi connectivity index (χ3n) is 2.32. The number of nitrogens with zero attached hydrogens (tertiary/aromatic N) is 1. The average molecular weight is 221 g/mol. The monoisotopic (exact) mass is 221 g/mol. The zero-order valence-electron chi connectivity index (χ0n) is 9.99. The van der Waals surface area contributed by atoms with Gasteiger partial charge >= 0.3 is 0 Å². The fourth-order valence-corrected chi connectivity index (χ4v) is 1.51. The molecule has 1 aromatic rings. The Balaban J connectivity index is 2.88. The van der Waals surface area contributed by atoms with Crippen LogP contribution in [0.1, 0.15) is 26.3 Å². The van der Waals surface area contributed by atoms with Gasteiger partial charge in [-0.2, -0.15) is 0 Å². The smallest absolute Gasteiger partial charge is 0.158 e. The van der Waals surface area contributed by atoms with Gasteiger partial charge in [0.2, 0.25) is 0 Å². The highest BCUT2D eigenvalue weighted by molar-refractivity contribution is 5.84. The van der Waals surface area contributed by atoms with E-state index >= 15 is 0 Å². The van der Waals surface area contributed by atoms with Crippen molar-refractivity contribution in [1.82, 2.24) is 0 Å². The summed E-state index contributed by atoms with van der Waals surface area (Å²) in [6.45, 7) is 6.79. The molecule has 0 saturated heterocycles. The number of nitrogens with one attached hydrogen (secondary N) is 1. The Morgan fingerprint density at radius 3 is 2.56 bits per heavy atom. The van der Waals surface area contributed by atoms with E-state index in [1.54, 1.807) is 0 Å². The van der Waals surface area contributed by atoms with Gasteiger partial charge in [-0.1, -0.05) is 44.1 Å². The van der Waals surface area contributed by atoms with Crippen LogP contribution in [0, 0.1) is 0 Å². The minimum absolute atomic E-state index is 0.0642. The number of benzene rings is 1. The molecule has 0 radical (unpaired) electrons. The SMILES string of the molecule is CC(C)(C)c1ccccc1NCC(N)=NO. The Hall–Kier alpha value is -1.71. The lowest BCUT2D eigenvalue weighted by atomic mass is 9.86. The lowest BCUT2D eigenvalue weighted by Gasteiger charge is -2.23. The van der Waals surface area contributed by atoms with E-state index in [0.29, 0.717) is 6.54 Å². The number of nitrogens with two attached hydrogens (primary N) is 1. The predicted octanol–water partition coefficient (Wildman–Crippen LogP) is 2.14. The second kappa shape index (κ2) is 4.88. The molecule has 0 unspecified atom stereocenters. The molecule has 0 aliphatic heterocycles. The van der Waals surface area contributed by atoms with Crippen molar-refractivity contribution in [3.63, 3.8) is 0 Å². The van der Waals surface area contributed by atoms with Crippen LogP contribution in [-0.2, 0) is 5.41 Å². The fourth-order valence-electron chi connectivity index (χ4n) is 1.51. The molecule has 0 fully saturated rings. The summed E-state index contributed by atoms with van der Waals surface area (Å²) in [5.74, 6) is 0.170. The summed E-state index contributed by atoms with van der Waals surface area (Å²) in [5, 5.41) is 14.5. The molecule has 0 aliphatic rings. The molecular formula is C12H19N3O. The van der Waals surface area contributed by atoms with E-state index in [1.807, 2.05) is 18.2 Å². The van der Waals surface area contributed by atoms with E-state index < -0.39 is 0 Å². The molecule has 4 N–H and O–H groups in total. The molecule has 88 valence electrons. The van der Waals surface area contributed by atoms with Gasteiger partial charge in [0.05, 0.1) is 6.54 Å². The summed E-state index contributed by atoms with van der Waals surface area (Å²) in [7, 11) is 0.